The van der Waals surface area contributed by atoms with Gasteiger partial charge < -0.3 is 10.5 Å². The Labute approximate surface area is 99.9 Å². The predicted molar refractivity (Wildman–Crippen MR) is 64.3 cm³/mol. The summed E-state index contributed by atoms with van der Waals surface area (Å²) >= 11 is 5.91. The van der Waals surface area contributed by atoms with Crippen LogP contribution < -0.4 is 10.5 Å². The highest BCUT2D eigenvalue weighted by Gasteiger charge is 2.13. The Morgan fingerprint density at radius 3 is 2.81 bits per heavy atom. The average Bonchev–Trinajstić information content (AvgIpc) is 2.23. The molecule has 1 rings (SSSR count). The molecule has 0 radical (unpaired) electrons. The lowest BCUT2D eigenvalue weighted by molar-refractivity contribution is 0.321. The highest BCUT2D eigenvalue weighted by molar-refractivity contribution is 6.32. The smallest absolute Gasteiger partial charge is 0.173 e. The minimum Gasteiger partial charge on any atom is -0.489 e. The molecular weight excluding hydrogens is 229 g/mol. The van der Waals surface area contributed by atoms with Crippen LogP contribution in [0.2, 0.25) is 5.02 Å². The molecule has 0 aromatic heterocycles. The molecule has 0 saturated carbocycles. The topological polar surface area (TPSA) is 35.2 Å². The van der Waals surface area contributed by atoms with Gasteiger partial charge in [0.1, 0.15) is 0 Å². The van der Waals surface area contributed by atoms with Crippen molar-refractivity contribution in [2.75, 3.05) is 6.61 Å². The summed E-state index contributed by atoms with van der Waals surface area (Å²) in [6.45, 7) is 5.73. The van der Waals surface area contributed by atoms with Gasteiger partial charge in [0.15, 0.2) is 11.6 Å². The zero-order chi connectivity index (χ0) is 12.1. The van der Waals surface area contributed by atoms with Crippen LogP contribution in [0.5, 0.6) is 5.75 Å². The maximum atomic E-state index is 13.6. The lowest BCUT2D eigenvalue weighted by Crippen LogP contribution is -2.10. The lowest BCUT2D eigenvalue weighted by Gasteiger charge is -2.13. The van der Waals surface area contributed by atoms with E-state index in [1.807, 2.05) is 0 Å². The first-order chi connectivity index (χ1) is 7.60. The number of rotatable bonds is 5. The predicted octanol–water partition coefficient (Wildman–Crippen LogP) is 3.45. The molecular formula is C12H15ClFNO. The molecule has 0 spiro atoms. The van der Waals surface area contributed by atoms with Gasteiger partial charge in [0.05, 0.1) is 11.6 Å². The zero-order valence-electron chi connectivity index (χ0n) is 9.17. The molecule has 0 bridgehead atoms. The second kappa shape index (κ2) is 5.87. The van der Waals surface area contributed by atoms with E-state index in [2.05, 4.69) is 6.58 Å². The number of halogens is 2. The van der Waals surface area contributed by atoms with E-state index in [1.165, 1.54) is 6.07 Å². The van der Waals surface area contributed by atoms with Crippen molar-refractivity contribution in [3.63, 3.8) is 0 Å². The summed E-state index contributed by atoms with van der Waals surface area (Å²) in [6, 6.07) is 2.69. The van der Waals surface area contributed by atoms with Crippen LogP contribution in [0.3, 0.4) is 0 Å². The first kappa shape index (κ1) is 13.0. The van der Waals surface area contributed by atoms with Crippen LogP contribution in [0, 0.1) is 5.82 Å². The third-order valence-corrected chi connectivity index (χ3v) is 2.44. The van der Waals surface area contributed by atoms with E-state index in [4.69, 9.17) is 22.1 Å². The molecule has 1 atom stereocenters. The Bertz CT molecular complexity index is 358. The molecule has 0 amide bonds. The molecule has 0 aliphatic heterocycles. The first-order valence-corrected chi connectivity index (χ1v) is 5.46. The lowest BCUT2D eigenvalue weighted by atomic mass is 10.0. The van der Waals surface area contributed by atoms with Crippen molar-refractivity contribution in [2.45, 2.75) is 19.4 Å². The SMILES string of the molecule is C=CC[C@@H](N)c1cc(F)c(OCC)c(Cl)c1. The van der Waals surface area contributed by atoms with Crippen LogP contribution in [0.4, 0.5) is 4.39 Å². The number of benzene rings is 1. The summed E-state index contributed by atoms with van der Waals surface area (Å²) < 4.78 is 18.7. The van der Waals surface area contributed by atoms with Gasteiger partial charge >= 0.3 is 0 Å². The van der Waals surface area contributed by atoms with Crippen molar-refractivity contribution in [3.05, 3.63) is 41.2 Å². The van der Waals surface area contributed by atoms with E-state index in [9.17, 15) is 4.39 Å². The van der Waals surface area contributed by atoms with Gasteiger partial charge in [-0.15, -0.1) is 6.58 Å². The van der Waals surface area contributed by atoms with E-state index in [0.29, 0.717) is 18.6 Å². The molecule has 2 nitrogen and oxygen atoms in total. The largest absolute Gasteiger partial charge is 0.489 e. The third-order valence-electron chi connectivity index (χ3n) is 2.16. The Hall–Kier alpha value is -1.06. The van der Waals surface area contributed by atoms with Crippen LogP contribution in [0.25, 0.3) is 0 Å². The first-order valence-electron chi connectivity index (χ1n) is 5.08. The molecule has 0 saturated heterocycles. The number of hydrogen-bond donors (Lipinski definition) is 1. The minimum absolute atomic E-state index is 0.0821. The second-order valence-electron chi connectivity index (χ2n) is 3.38. The summed E-state index contributed by atoms with van der Waals surface area (Å²) in [6.07, 6.45) is 2.26. The van der Waals surface area contributed by atoms with Crippen LogP contribution >= 0.6 is 11.6 Å². The van der Waals surface area contributed by atoms with Gasteiger partial charge in [-0.2, -0.15) is 0 Å². The molecule has 0 unspecified atom stereocenters. The summed E-state index contributed by atoms with van der Waals surface area (Å²) in [5, 5.41) is 0.247. The van der Waals surface area contributed by atoms with Crippen molar-refractivity contribution < 1.29 is 9.13 Å². The van der Waals surface area contributed by atoms with E-state index < -0.39 is 5.82 Å². The number of hydrogen-bond acceptors (Lipinski definition) is 2. The highest BCUT2D eigenvalue weighted by atomic mass is 35.5. The van der Waals surface area contributed by atoms with Crippen LogP contribution in [-0.4, -0.2) is 6.61 Å². The average molecular weight is 244 g/mol. The van der Waals surface area contributed by atoms with Crippen molar-refractivity contribution in [1.29, 1.82) is 0 Å². The van der Waals surface area contributed by atoms with Gasteiger partial charge in [-0.05, 0) is 31.0 Å². The molecule has 4 heteroatoms. The molecule has 2 N–H and O–H groups in total. The molecule has 88 valence electrons. The van der Waals surface area contributed by atoms with Crippen molar-refractivity contribution in [2.24, 2.45) is 5.73 Å². The van der Waals surface area contributed by atoms with Crippen molar-refractivity contribution in [3.8, 4) is 5.75 Å². The monoisotopic (exact) mass is 243 g/mol. The van der Waals surface area contributed by atoms with Gasteiger partial charge in [-0.25, -0.2) is 4.39 Å². The molecule has 1 aromatic rings. The van der Waals surface area contributed by atoms with Crippen molar-refractivity contribution >= 4 is 11.6 Å². The van der Waals surface area contributed by atoms with Crippen molar-refractivity contribution in [1.82, 2.24) is 0 Å². The normalized spacial score (nSPS) is 12.2. The molecule has 1 aromatic carbocycles. The minimum atomic E-state index is -0.483. The van der Waals surface area contributed by atoms with Gasteiger partial charge in [-0.1, -0.05) is 17.7 Å². The fourth-order valence-electron chi connectivity index (χ4n) is 1.39. The maximum absolute atomic E-state index is 13.6. The zero-order valence-corrected chi connectivity index (χ0v) is 9.93. The fourth-order valence-corrected chi connectivity index (χ4v) is 1.66. The molecule has 0 heterocycles. The standard InChI is InChI=1S/C12H15ClFNO/c1-3-5-11(15)8-6-9(13)12(16-4-2)10(14)7-8/h3,6-7,11H,1,4-5,15H2,2H3/t11-/m1/s1. The number of nitrogens with two attached hydrogens (primary N) is 1. The second-order valence-corrected chi connectivity index (χ2v) is 3.78. The van der Waals surface area contributed by atoms with Gasteiger partial charge in [0, 0.05) is 6.04 Å². The van der Waals surface area contributed by atoms with Gasteiger partial charge in [0.2, 0.25) is 0 Å². The van der Waals surface area contributed by atoms with E-state index in [1.54, 1.807) is 19.1 Å². The molecule has 0 aliphatic rings. The summed E-state index contributed by atoms with van der Waals surface area (Å²) in [4.78, 5) is 0. The van der Waals surface area contributed by atoms with Crippen LogP contribution in [0.1, 0.15) is 24.9 Å². The van der Waals surface area contributed by atoms with Gasteiger partial charge in [0.25, 0.3) is 0 Å². The van der Waals surface area contributed by atoms with E-state index >= 15 is 0 Å². The number of ether oxygens (including phenoxy) is 1. The molecule has 0 fully saturated rings. The highest BCUT2D eigenvalue weighted by Crippen LogP contribution is 2.31. The van der Waals surface area contributed by atoms with Gasteiger partial charge in [-0.3, -0.25) is 0 Å². The molecule has 16 heavy (non-hydrogen) atoms. The maximum Gasteiger partial charge on any atom is 0.173 e. The van der Waals surface area contributed by atoms with Crippen LogP contribution in [-0.2, 0) is 0 Å². The summed E-state index contributed by atoms with van der Waals surface area (Å²) in [7, 11) is 0. The van der Waals surface area contributed by atoms with E-state index in [0.717, 1.165) is 0 Å². The van der Waals surface area contributed by atoms with E-state index in [-0.39, 0.29) is 16.8 Å². The summed E-state index contributed by atoms with van der Waals surface area (Å²) in [5.41, 5.74) is 6.47. The van der Waals surface area contributed by atoms with Crippen LogP contribution in [0.15, 0.2) is 24.8 Å². The summed E-state index contributed by atoms with van der Waals surface area (Å²) in [5.74, 6) is -0.400. The quantitative estimate of drug-likeness (QED) is 0.804. The molecule has 0 aliphatic carbocycles. The Balaban J connectivity index is 3.03. The Morgan fingerprint density at radius 1 is 1.62 bits per heavy atom. The Morgan fingerprint density at radius 2 is 2.31 bits per heavy atom. The Kier molecular flexibility index (Phi) is 4.77. The fraction of sp³-hybridized carbons (Fsp3) is 0.333. The third kappa shape index (κ3) is 2.97.